The summed E-state index contributed by atoms with van der Waals surface area (Å²) in [5.41, 5.74) is 6.84. The van der Waals surface area contributed by atoms with Crippen LogP contribution < -0.4 is 10.5 Å². The van der Waals surface area contributed by atoms with Crippen LogP contribution in [0.5, 0.6) is 5.75 Å². The lowest BCUT2D eigenvalue weighted by Crippen LogP contribution is -2.10. The zero-order valence-electron chi connectivity index (χ0n) is 9.46. The summed E-state index contributed by atoms with van der Waals surface area (Å²) in [6.45, 7) is -1.76. The molecule has 0 unspecified atom stereocenters. The van der Waals surface area contributed by atoms with Crippen LogP contribution in [0, 0.1) is 0 Å². The first-order chi connectivity index (χ1) is 8.69. The second-order valence-electron chi connectivity index (χ2n) is 3.56. The SMILES string of the molecule is NCCn1cc(-c2ccc(OC(F)F)cc2)nn1. The molecule has 0 atom stereocenters. The first-order valence-electron chi connectivity index (χ1n) is 5.34. The van der Waals surface area contributed by atoms with E-state index >= 15 is 0 Å². The highest BCUT2D eigenvalue weighted by molar-refractivity contribution is 5.58. The van der Waals surface area contributed by atoms with Gasteiger partial charge in [0.1, 0.15) is 11.4 Å². The maximum absolute atomic E-state index is 12.0. The molecular weight excluding hydrogens is 242 g/mol. The number of nitrogens with zero attached hydrogens (tertiary/aromatic N) is 3. The Hall–Kier alpha value is -2.02. The van der Waals surface area contributed by atoms with Crippen molar-refractivity contribution in [3.05, 3.63) is 30.5 Å². The standard InChI is InChI=1S/C11H12F2N4O/c12-11(13)18-9-3-1-8(2-4-9)10-7-17(6-5-14)16-15-10/h1-4,7,11H,5-6,14H2. The van der Waals surface area contributed by atoms with Gasteiger partial charge in [-0.25, -0.2) is 0 Å². The van der Waals surface area contributed by atoms with Gasteiger partial charge in [-0.15, -0.1) is 5.10 Å². The van der Waals surface area contributed by atoms with E-state index in [9.17, 15) is 8.78 Å². The van der Waals surface area contributed by atoms with Crippen LogP contribution in [0.4, 0.5) is 8.78 Å². The predicted octanol–water partition coefficient (Wildman–Crippen LogP) is 1.51. The maximum Gasteiger partial charge on any atom is 0.387 e. The number of alkyl halides is 2. The molecule has 0 aliphatic heterocycles. The molecule has 0 radical (unpaired) electrons. The average Bonchev–Trinajstić information content (AvgIpc) is 2.78. The minimum Gasteiger partial charge on any atom is -0.435 e. The molecule has 0 saturated heterocycles. The number of aromatic nitrogens is 3. The molecule has 1 heterocycles. The van der Waals surface area contributed by atoms with E-state index in [0.717, 1.165) is 5.56 Å². The topological polar surface area (TPSA) is 66.0 Å². The Morgan fingerprint density at radius 2 is 2.00 bits per heavy atom. The largest absolute Gasteiger partial charge is 0.435 e. The highest BCUT2D eigenvalue weighted by Gasteiger charge is 2.06. The fourth-order valence-corrected chi connectivity index (χ4v) is 1.48. The Balaban J connectivity index is 2.12. The monoisotopic (exact) mass is 254 g/mol. The van der Waals surface area contributed by atoms with Gasteiger partial charge in [-0.2, -0.15) is 8.78 Å². The van der Waals surface area contributed by atoms with E-state index in [1.807, 2.05) is 0 Å². The number of hydrogen-bond acceptors (Lipinski definition) is 4. The van der Waals surface area contributed by atoms with Gasteiger partial charge in [-0.05, 0) is 24.3 Å². The summed E-state index contributed by atoms with van der Waals surface area (Å²) in [4.78, 5) is 0. The summed E-state index contributed by atoms with van der Waals surface area (Å²) < 4.78 is 29.8. The number of benzene rings is 1. The quantitative estimate of drug-likeness (QED) is 0.878. The van der Waals surface area contributed by atoms with Crippen molar-refractivity contribution in [1.82, 2.24) is 15.0 Å². The fraction of sp³-hybridized carbons (Fsp3) is 0.273. The van der Waals surface area contributed by atoms with Crippen LogP contribution >= 0.6 is 0 Å². The Labute approximate surface area is 102 Å². The minimum absolute atomic E-state index is 0.114. The summed E-state index contributed by atoms with van der Waals surface area (Å²) in [5, 5.41) is 7.85. The van der Waals surface area contributed by atoms with E-state index in [-0.39, 0.29) is 5.75 Å². The number of ether oxygens (including phenoxy) is 1. The van der Waals surface area contributed by atoms with Gasteiger partial charge in [-0.1, -0.05) is 5.21 Å². The second kappa shape index (κ2) is 5.54. The highest BCUT2D eigenvalue weighted by Crippen LogP contribution is 2.21. The molecule has 0 spiro atoms. The van der Waals surface area contributed by atoms with Crippen molar-refractivity contribution in [2.75, 3.05) is 6.54 Å². The van der Waals surface area contributed by atoms with E-state index in [0.29, 0.717) is 18.8 Å². The predicted molar refractivity (Wildman–Crippen MR) is 61.1 cm³/mol. The lowest BCUT2D eigenvalue weighted by Gasteiger charge is -2.04. The lowest BCUT2D eigenvalue weighted by atomic mass is 10.2. The van der Waals surface area contributed by atoms with E-state index in [4.69, 9.17) is 5.73 Å². The van der Waals surface area contributed by atoms with Gasteiger partial charge < -0.3 is 10.5 Å². The molecular formula is C11H12F2N4O. The van der Waals surface area contributed by atoms with Crippen LogP contribution in [0.2, 0.25) is 0 Å². The molecule has 18 heavy (non-hydrogen) atoms. The van der Waals surface area contributed by atoms with Crippen molar-refractivity contribution in [3.8, 4) is 17.0 Å². The number of nitrogens with two attached hydrogens (primary N) is 1. The molecule has 2 N–H and O–H groups in total. The van der Waals surface area contributed by atoms with Gasteiger partial charge in [0.2, 0.25) is 0 Å². The van der Waals surface area contributed by atoms with Gasteiger partial charge in [0.15, 0.2) is 0 Å². The number of halogens is 2. The molecule has 0 amide bonds. The number of rotatable bonds is 5. The minimum atomic E-state index is -2.82. The number of hydrogen-bond donors (Lipinski definition) is 1. The normalized spacial score (nSPS) is 10.9. The Morgan fingerprint density at radius 3 is 2.61 bits per heavy atom. The first kappa shape index (κ1) is 12.4. The van der Waals surface area contributed by atoms with Crippen LogP contribution in [0.15, 0.2) is 30.5 Å². The van der Waals surface area contributed by atoms with Gasteiger partial charge in [-0.3, -0.25) is 4.68 Å². The molecule has 1 aromatic heterocycles. The molecule has 0 bridgehead atoms. The third-order valence-corrected chi connectivity index (χ3v) is 2.27. The van der Waals surface area contributed by atoms with Crippen LogP contribution in [0.3, 0.4) is 0 Å². The average molecular weight is 254 g/mol. The molecule has 7 heteroatoms. The Morgan fingerprint density at radius 1 is 1.28 bits per heavy atom. The molecule has 2 aromatic rings. The summed E-state index contributed by atoms with van der Waals surface area (Å²) in [6.07, 6.45) is 1.75. The van der Waals surface area contributed by atoms with Gasteiger partial charge in [0, 0.05) is 12.1 Å². The molecule has 96 valence electrons. The second-order valence-corrected chi connectivity index (χ2v) is 3.56. The van der Waals surface area contributed by atoms with Gasteiger partial charge >= 0.3 is 6.61 Å². The van der Waals surface area contributed by atoms with Crippen molar-refractivity contribution >= 4 is 0 Å². The molecule has 0 saturated carbocycles. The summed E-state index contributed by atoms with van der Waals surface area (Å²) in [7, 11) is 0. The molecule has 2 rings (SSSR count). The zero-order valence-corrected chi connectivity index (χ0v) is 9.46. The smallest absolute Gasteiger partial charge is 0.387 e. The van der Waals surface area contributed by atoms with Crippen LogP contribution in [0.25, 0.3) is 11.3 Å². The molecule has 0 aliphatic carbocycles. The third kappa shape index (κ3) is 3.01. The highest BCUT2D eigenvalue weighted by atomic mass is 19.3. The molecule has 0 fully saturated rings. The summed E-state index contributed by atoms with van der Waals surface area (Å²) in [5.74, 6) is 0.114. The van der Waals surface area contributed by atoms with Gasteiger partial charge in [0.05, 0.1) is 12.7 Å². The third-order valence-electron chi connectivity index (χ3n) is 2.27. The van der Waals surface area contributed by atoms with Crippen LogP contribution in [0.1, 0.15) is 0 Å². The van der Waals surface area contributed by atoms with E-state index in [2.05, 4.69) is 15.0 Å². The van der Waals surface area contributed by atoms with Crippen molar-refractivity contribution in [2.24, 2.45) is 5.73 Å². The summed E-state index contributed by atoms with van der Waals surface area (Å²) >= 11 is 0. The first-order valence-corrected chi connectivity index (χ1v) is 5.34. The maximum atomic E-state index is 12.0. The van der Waals surface area contributed by atoms with Gasteiger partial charge in [0.25, 0.3) is 0 Å². The van der Waals surface area contributed by atoms with Crippen LogP contribution in [-0.2, 0) is 6.54 Å². The Kier molecular flexibility index (Phi) is 3.83. The van der Waals surface area contributed by atoms with E-state index in [1.165, 1.54) is 12.1 Å². The zero-order chi connectivity index (χ0) is 13.0. The van der Waals surface area contributed by atoms with Crippen LogP contribution in [-0.4, -0.2) is 28.2 Å². The van der Waals surface area contributed by atoms with E-state index < -0.39 is 6.61 Å². The van der Waals surface area contributed by atoms with Crippen molar-refractivity contribution in [3.63, 3.8) is 0 Å². The molecule has 1 aromatic carbocycles. The fourth-order valence-electron chi connectivity index (χ4n) is 1.48. The Bertz CT molecular complexity index is 498. The molecule has 0 aliphatic rings. The molecule has 5 nitrogen and oxygen atoms in total. The van der Waals surface area contributed by atoms with E-state index in [1.54, 1.807) is 23.0 Å². The lowest BCUT2D eigenvalue weighted by molar-refractivity contribution is -0.0498. The summed E-state index contributed by atoms with van der Waals surface area (Å²) in [6, 6.07) is 6.22. The van der Waals surface area contributed by atoms with Crippen molar-refractivity contribution < 1.29 is 13.5 Å². The van der Waals surface area contributed by atoms with Crippen molar-refractivity contribution in [2.45, 2.75) is 13.2 Å². The van der Waals surface area contributed by atoms with Crippen molar-refractivity contribution in [1.29, 1.82) is 0 Å².